The zero-order chi connectivity index (χ0) is 26.5. The molecule has 0 amide bonds. The molecule has 208 valence electrons. The van der Waals surface area contributed by atoms with Gasteiger partial charge in [-0.2, -0.15) is 0 Å². The standard InChI is InChI=1S/C30H44N4O2S2/c1-3-34-18-16-22(17-19-34)31-27-15-14-23(37-4-2)20-25(27)28-24-12-8-9-13-26(24)32-29(30(28)33-38(35)36)21-10-6-5-7-11-21/h14-15,20-22,31,38H,3-13,16-19H2,1-2H3,(H,33,35,36). The number of hydrogen-bond donors (Lipinski definition) is 3. The van der Waals surface area contributed by atoms with Crippen molar-refractivity contribution in [3.8, 4) is 11.1 Å². The maximum atomic E-state index is 12.3. The molecule has 2 heterocycles. The number of aromatic nitrogens is 1. The highest BCUT2D eigenvalue weighted by molar-refractivity contribution is 7.99. The van der Waals surface area contributed by atoms with E-state index in [-0.39, 0.29) is 0 Å². The van der Waals surface area contributed by atoms with Crippen LogP contribution < -0.4 is 10.0 Å². The van der Waals surface area contributed by atoms with Gasteiger partial charge in [0.2, 0.25) is 10.9 Å². The number of thioether (sulfide) groups is 1. The molecule has 1 aromatic carbocycles. The second kappa shape index (κ2) is 13.1. The molecule has 5 rings (SSSR count). The van der Waals surface area contributed by atoms with Gasteiger partial charge in [-0.25, -0.2) is 8.42 Å². The smallest absolute Gasteiger partial charge is 0.222 e. The number of fused-ring (bicyclic) bond motifs is 1. The monoisotopic (exact) mass is 556 g/mol. The Kier molecular flexibility index (Phi) is 9.55. The maximum absolute atomic E-state index is 12.3. The van der Waals surface area contributed by atoms with Crippen LogP contribution in [0.15, 0.2) is 23.1 Å². The Bertz CT molecular complexity index is 1180. The fourth-order valence-electron chi connectivity index (χ4n) is 6.66. The fraction of sp³-hybridized carbons (Fsp3) is 0.633. The minimum absolute atomic E-state index is 0.315. The second-order valence-electron chi connectivity index (χ2n) is 11.1. The van der Waals surface area contributed by atoms with Crippen molar-refractivity contribution < 1.29 is 8.42 Å². The van der Waals surface area contributed by atoms with Crippen LogP contribution in [0.25, 0.3) is 11.1 Å². The maximum Gasteiger partial charge on any atom is 0.222 e. The van der Waals surface area contributed by atoms with E-state index in [2.05, 4.69) is 47.0 Å². The average Bonchev–Trinajstić information content (AvgIpc) is 2.94. The number of hydrogen-bond acceptors (Lipinski definition) is 6. The van der Waals surface area contributed by atoms with Crippen molar-refractivity contribution in [2.24, 2.45) is 0 Å². The van der Waals surface area contributed by atoms with Crippen molar-refractivity contribution in [1.82, 2.24) is 9.88 Å². The SMILES string of the molecule is CCSc1ccc(NC2CCN(CC)CC2)c(-c2c3c(nc(C4CCCCC4)c2N[SH](=O)=O)CCCC3)c1. The molecule has 0 unspecified atom stereocenters. The fourth-order valence-corrected chi connectivity index (χ4v) is 7.77. The Balaban J connectivity index is 1.66. The summed E-state index contributed by atoms with van der Waals surface area (Å²) < 4.78 is 27.5. The van der Waals surface area contributed by atoms with Crippen LogP contribution in [0.5, 0.6) is 0 Å². The average molecular weight is 557 g/mol. The number of rotatable bonds is 9. The zero-order valence-electron chi connectivity index (χ0n) is 23.1. The van der Waals surface area contributed by atoms with Crippen LogP contribution in [-0.4, -0.2) is 49.7 Å². The van der Waals surface area contributed by atoms with Crippen LogP contribution >= 0.6 is 11.8 Å². The van der Waals surface area contributed by atoms with Gasteiger partial charge in [0.05, 0.1) is 11.4 Å². The third-order valence-electron chi connectivity index (χ3n) is 8.66. The van der Waals surface area contributed by atoms with E-state index < -0.39 is 10.9 Å². The van der Waals surface area contributed by atoms with Gasteiger partial charge in [-0.3, -0.25) is 9.71 Å². The lowest BCUT2D eigenvalue weighted by Crippen LogP contribution is -2.38. The van der Waals surface area contributed by atoms with E-state index in [0.29, 0.717) is 12.0 Å². The predicted molar refractivity (Wildman–Crippen MR) is 161 cm³/mol. The Labute approximate surface area is 234 Å². The van der Waals surface area contributed by atoms with Crippen molar-refractivity contribution in [3.63, 3.8) is 0 Å². The first-order valence-corrected chi connectivity index (χ1v) is 17.0. The van der Waals surface area contributed by atoms with E-state index in [4.69, 9.17) is 4.98 Å². The lowest BCUT2D eigenvalue weighted by atomic mass is 9.81. The Hall–Kier alpha value is -1.77. The summed E-state index contributed by atoms with van der Waals surface area (Å²) in [6.07, 6.45) is 12.3. The molecular weight excluding hydrogens is 512 g/mol. The van der Waals surface area contributed by atoms with Crippen LogP contribution in [0.3, 0.4) is 0 Å². The Morgan fingerprint density at radius 2 is 1.76 bits per heavy atom. The van der Waals surface area contributed by atoms with Gasteiger partial charge < -0.3 is 10.2 Å². The topological polar surface area (TPSA) is 74.3 Å². The van der Waals surface area contributed by atoms with E-state index in [1.807, 2.05) is 11.8 Å². The first-order chi connectivity index (χ1) is 18.6. The third kappa shape index (κ3) is 6.34. The summed E-state index contributed by atoms with van der Waals surface area (Å²) in [4.78, 5) is 8.98. The molecule has 2 N–H and O–H groups in total. The summed E-state index contributed by atoms with van der Waals surface area (Å²) in [6.45, 7) is 7.77. The largest absolute Gasteiger partial charge is 0.382 e. The van der Waals surface area contributed by atoms with E-state index >= 15 is 0 Å². The van der Waals surface area contributed by atoms with Crippen molar-refractivity contribution in [2.45, 2.75) is 101 Å². The first kappa shape index (κ1) is 27.8. The number of thiol groups is 1. The highest BCUT2D eigenvalue weighted by Gasteiger charge is 2.30. The van der Waals surface area contributed by atoms with E-state index in [9.17, 15) is 8.42 Å². The van der Waals surface area contributed by atoms with Gasteiger partial charge in [-0.1, -0.05) is 33.1 Å². The summed E-state index contributed by atoms with van der Waals surface area (Å²) in [6, 6.07) is 7.17. The molecule has 38 heavy (non-hydrogen) atoms. The molecule has 0 spiro atoms. The van der Waals surface area contributed by atoms with Crippen LogP contribution in [0.1, 0.15) is 94.5 Å². The molecule has 0 atom stereocenters. The van der Waals surface area contributed by atoms with Crippen molar-refractivity contribution >= 4 is 34.0 Å². The zero-order valence-corrected chi connectivity index (χ0v) is 24.8. The predicted octanol–water partition coefficient (Wildman–Crippen LogP) is 6.62. The van der Waals surface area contributed by atoms with Gasteiger partial charge in [-0.15, -0.1) is 11.8 Å². The molecule has 1 saturated heterocycles. The Morgan fingerprint density at radius 3 is 2.47 bits per heavy atom. The minimum Gasteiger partial charge on any atom is -0.382 e. The quantitative estimate of drug-likeness (QED) is 0.238. The molecule has 1 aromatic heterocycles. The number of piperidine rings is 1. The Morgan fingerprint density at radius 1 is 1.00 bits per heavy atom. The highest BCUT2D eigenvalue weighted by atomic mass is 32.2. The third-order valence-corrected chi connectivity index (χ3v) is 9.94. The molecule has 2 aromatic rings. The van der Waals surface area contributed by atoms with E-state index in [1.165, 1.54) is 35.4 Å². The summed E-state index contributed by atoms with van der Waals surface area (Å²) in [5.74, 6) is 1.32. The number of nitrogens with one attached hydrogen (secondary N) is 2. The molecule has 0 bridgehead atoms. The highest BCUT2D eigenvalue weighted by Crippen LogP contribution is 2.47. The number of benzene rings is 1. The van der Waals surface area contributed by atoms with Gasteiger partial charge in [-0.05, 0) is 87.4 Å². The molecule has 1 saturated carbocycles. The molecule has 1 aliphatic heterocycles. The molecule has 0 radical (unpaired) electrons. The molecule has 6 nitrogen and oxygen atoms in total. The van der Waals surface area contributed by atoms with Crippen LogP contribution in [0.4, 0.5) is 11.4 Å². The van der Waals surface area contributed by atoms with Crippen molar-refractivity contribution in [2.75, 3.05) is 35.4 Å². The van der Waals surface area contributed by atoms with Gasteiger partial charge in [0.25, 0.3) is 0 Å². The van der Waals surface area contributed by atoms with Crippen molar-refractivity contribution in [1.29, 1.82) is 0 Å². The number of pyridine rings is 1. The molecule has 3 aliphatic rings. The molecule has 2 aliphatic carbocycles. The number of aryl methyl sites for hydroxylation is 1. The van der Waals surface area contributed by atoms with E-state index in [0.717, 1.165) is 105 Å². The molecule has 8 heteroatoms. The lowest BCUT2D eigenvalue weighted by molar-refractivity contribution is 0.229. The normalized spacial score (nSPS) is 19.4. The number of anilines is 2. The summed E-state index contributed by atoms with van der Waals surface area (Å²) in [7, 11) is -2.80. The van der Waals surface area contributed by atoms with Crippen LogP contribution in [0, 0.1) is 0 Å². The van der Waals surface area contributed by atoms with Crippen LogP contribution in [0.2, 0.25) is 0 Å². The second-order valence-corrected chi connectivity index (χ2v) is 13.2. The summed E-state index contributed by atoms with van der Waals surface area (Å²) >= 11 is 1.84. The van der Waals surface area contributed by atoms with Gasteiger partial charge in [0, 0.05) is 52.5 Å². The summed E-state index contributed by atoms with van der Waals surface area (Å²) in [5.41, 5.74) is 7.51. The van der Waals surface area contributed by atoms with Gasteiger partial charge in [0.15, 0.2) is 0 Å². The van der Waals surface area contributed by atoms with Crippen molar-refractivity contribution in [3.05, 3.63) is 35.2 Å². The lowest BCUT2D eigenvalue weighted by Gasteiger charge is -2.33. The van der Waals surface area contributed by atoms with Crippen LogP contribution in [-0.2, 0) is 23.7 Å². The van der Waals surface area contributed by atoms with E-state index in [1.54, 1.807) is 0 Å². The van der Waals surface area contributed by atoms with Gasteiger partial charge >= 0.3 is 0 Å². The first-order valence-electron chi connectivity index (χ1n) is 14.8. The summed E-state index contributed by atoms with van der Waals surface area (Å²) in [5, 5.41) is 3.91. The van der Waals surface area contributed by atoms with Gasteiger partial charge in [0.1, 0.15) is 0 Å². The number of nitrogens with zero attached hydrogens (tertiary/aromatic N) is 2. The molecule has 2 fully saturated rings. The molecular formula is C30H44N4O2S2. The minimum atomic E-state index is -2.80. The number of likely N-dealkylation sites (tertiary alicyclic amines) is 1.